The molecule has 0 aromatic heterocycles. The Morgan fingerprint density at radius 2 is 1.92 bits per heavy atom. The lowest BCUT2D eigenvalue weighted by molar-refractivity contribution is -0.192. The minimum atomic E-state index is -5.08. The fraction of sp³-hybridized carbons (Fsp3) is 0.500. The molecule has 2 aliphatic rings. The van der Waals surface area contributed by atoms with Gasteiger partial charge in [-0.1, -0.05) is 0 Å². The van der Waals surface area contributed by atoms with Gasteiger partial charge < -0.3 is 21.1 Å². The maximum Gasteiger partial charge on any atom is 0.490 e. The summed E-state index contributed by atoms with van der Waals surface area (Å²) in [5.41, 5.74) is 9.00. The Morgan fingerprint density at radius 3 is 2.44 bits per heavy atom. The van der Waals surface area contributed by atoms with Crippen LogP contribution in [0.25, 0.3) is 0 Å². The largest absolute Gasteiger partial charge is 0.490 e. The first-order chi connectivity index (χ1) is 11.6. The second-order valence-electron chi connectivity index (χ2n) is 6.22. The molecule has 1 fully saturated rings. The molecule has 3 rings (SSSR count). The highest BCUT2D eigenvalue weighted by Crippen LogP contribution is 2.27. The number of anilines is 1. The van der Waals surface area contributed by atoms with E-state index >= 15 is 0 Å². The lowest BCUT2D eigenvalue weighted by Crippen LogP contribution is -2.50. The number of amides is 1. The highest BCUT2D eigenvalue weighted by atomic mass is 19.4. The zero-order valence-corrected chi connectivity index (χ0v) is 13.6. The molecule has 1 aliphatic heterocycles. The van der Waals surface area contributed by atoms with E-state index in [-0.39, 0.29) is 18.0 Å². The Hall–Kier alpha value is -2.29. The van der Waals surface area contributed by atoms with Crippen LogP contribution in [0.3, 0.4) is 0 Å². The molecule has 1 amide bonds. The van der Waals surface area contributed by atoms with Gasteiger partial charge in [-0.15, -0.1) is 0 Å². The van der Waals surface area contributed by atoms with E-state index in [0.717, 1.165) is 31.4 Å². The standard InChI is InChI=1S/C14H19N3O.C2HF3O2/c1-17-5-4-9-6-10(2-3-13(9)17)14(18)16-12-7-11(15)8-12;3-2(4,5)1(6)7/h2-3,6,11-12H,4-5,7-8,15H2,1H3,(H,16,18);(H,6,7). The highest BCUT2D eigenvalue weighted by Gasteiger charge is 2.38. The van der Waals surface area contributed by atoms with Crippen LogP contribution in [0.2, 0.25) is 0 Å². The maximum absolute atomic E-state index is 12.1. The molecule has 1 aromatic carbocycles. The number of nitrogens with one attached hydrogen (secondary N) is 1. The number of likely N-dealkylation sites (N-methyl/N-ethyl adjacent to an activating group) is 1. The average molecular weight is 359 g/mol. The molecule has 0 atom stereocenters. The summed E-state index contributed by atoms with van der Waals surface area (Å²) in [6.07, 6.45) is -2.25. The van der Waals surface area contributed by atoms with Crippen LogP contribution in [0.1, 0.15) is 28.8 Å². The van der Waals surface area contributed by atoms with E-state index in [9.17, 15) is 18.0 Å². The molecular weight excluding hydrogens is 339 g/mol. The first-order valence-electron chi connectivity index (χ1n) is 7.78. The van der Waals surface area contributed by atoms with E-state index in [0.29, 0.717) is 0 Å². The molecule has 1 aromatic rings. The molecule has 6 nitrogen and oxygen atoms in total. The third-order valence-electron chi connectivity index (χ3n) is 4.22. The molecular formula is C16H20F3N3O3. The number of rotatable bonds is 2. The fourth-order valence-corrected chi connectivity index (χ4v) is 2.76. The number of alkyl halides is 3. The molecule has 138 valence electrons. The number of nitrogens with two attached hydrogens (primary N) is 1. The van der Waals surface area contributed by atoms with E-state index in [2.05, 4.69) is 17.3 Å². The van der Waals surface area contributed by atoms with Crippen molar-refractivity contribution >= 4 is 17.6 Å². The molecule has 1 saturated carbocycles. The quantitative estimate of drug-likeness (QED) is 0.744. The van der Waals surface area contributed by atoms with Crippen LogP contribution < -0.4 is 16.0 Å². The lowest BCUT2D eigenvalue weighted by atomic mass is 9.87. The van der Waals surface area contributed by atoms with Gasteiger partial charge in [-0.05, 0) is 43.0 Å². The summed E-state index contributed by atoms with van der Waals surface area (Å²) >= 11 is 0. The van der Waals surface area contributed by atoms with Crippen LogP contribution in [-0.2, 0) is 11.2 Å². The second-order valence-corrected chi connectivity index (χ2v) is 6.22. The van der Waals surface area contributed by atoms with E-state index in [4.69, 9.17) is 15.6 Å². The summed E-state index contributed by atoms with van der Waals surface area (Å²) in [7, 11) is 2.08. The van der Waals surface area contributed by atoms with Crippen molar-refractivity contribution in [3.8, 4) is 0 Å². The van der Waals surface area contributed by atoms with Gasteiger partial charge in [0.15, 0.2) is 0 Å². The fourth-order valence-electron chi connectivity index (χ4n) is 2.76. The molecule has 4 N–H and O–H groups in total. The first-order valence-corrected chi connectivity index (χ1v) is 7.78. The smallest absolute Gasteiger partial charge is 0.475 e. The third kappa shape index (κ3) is 4.85. The predicted molar refractivity (Wildman–Crippen MR) is 85.6 cm³/mol. The van der Waals surface area contributed by atoms with Crippen molar-refractivity contribution in [1.29, 1.82) is 0 Å². The lowest BCUT2D eigenvalue weighted by Gasteiger charge is -2.33. The molecule has 0 unspecified atom stereocenters. The zero-order valence-electron chi connectivity index (χ0n) is 13.6. The van der Waals surface area contributed by atoms with Crippen molar-refractivity contribution in [2.45, 2.75) is 37.5 Å². The molecule has 0 spiro atoms. The van der Waals surface area contributed by atoms with E-state index < -0.39 is 12.1 Å². The number of carboxylic acids is 1. The molecule has 25 heavy (non-hydrogen) atoms. The van der Waals surface area contributed by atoms with Gasteiger partial charge in [-0.3, -0.25) is 4.79 Å². The van der Waals surface area contributed by atoms with Crippen molar-refractivity contribution in [1.82, 2.24) is 5.32 Å². The molecule has 1 aliphatic carbocycles. The van der Waals surface area contributed by atoms with Crippen molar-refractivity contribution in [3.05, 3.63) is 29.3 Å². The number of carbonyl (C=O) groups excluding carboxylic acids is 1. The van der Waals surface area contributed by atoms with Gasteiger partial charge >= 0.3 is 12.1 Å². The summed E-state index contributed by atoms with van der Waals surface area (Å²) in [5.74, 6) is -2.73. The van der Waals surface area contributed by atoms with Crippen LogP contribution in [0, 0.1) is 0 Å². The van der Waals surface area contributed by atoms with Crippen LogP contribution in [0.4, 0.5) is 18.9 Å². The van der Waals surface area contributed by atoms with Crippen molar-refractivity contribution in [2.75, 3.05) is 18.5 Å². The van der Waals surface area contributed by atoms with Gasteiger partial charge in [0.05, 0.1) is 0 Å². The first kappa shape index (κ1) is 19.0. The molecule has 9 heteroatoms. The Bertz CT molecular complexity index is 658. The Kier molecular flexibility index (Phi) is 5.56. The summed E-state index contributed by atoms with van der Waals surface area (Å²) in [4.78, 5) is 23.2. The Morgan fingerprint density at radius 1 is 1.32 bits per heavy atom. The maximum atomic E-state index is 12.1. The van der Waals surface area contributed by atoms with Crippen LogP contribution in [-0.4, -0.2) is 48.8 Å². The molecule has 0 bridgehead atoms. The number of carboxylic acid groups (broad SMARTS) is 1. The van der Waals surface area contributed by atoms with E-state index in [1.807, 2.05) is 18.2 Å². The number of nitrogens with zero attached hydrogens (tertiary/aromatic N) is 1. The summed E-state index contributed by atoms with van der Waals surface area (Å²) in [6.45, 7) is 1.04. The zero-order chi connectivity index (χ0) is 18.8. The van der Waals surface area contributed by atoms with Crippen LogP contribution >= 0.6 is 0 Å². The number of fused-ring (bicyclic) bond motifs is 1. The number of halogens is 3. The number of aliphatic carboxylic acids is 1. The minimum absolute atomic E-state index is 0.0317. The normalized spacial score (nSPS) is 21.6. The molecule has 0 saturated heterocycles. The van der Waals surface area contributed by atoms with Gasteiger partial charge in [0.25, 0.3) is 5.91 Å². The van der Waals surface area contributed by atoms with E-state index in [1.54, 1.807) is 0 Å². The van der Waals surface area contributed by atoms with E-state index in [1.165, 1.54) is 11.3 Å². The summed E-state index contributed by atoms with van der Waals surface area (Å²) in [5, 5.41) is 10.2. The van der Waals surface area contributed by atoms with Crippen molar-refractivity contribution < 1.29 is 27.9 Å². The van der Waals surface area contributed by atoms with Crippen LogP contribution in [0.15, 0.2) is 18.2 Å². The molecule has 1 heterocycles. The SMILES string of the molecule is CN1CCc2cc(C(=O)NC3CC(N)C3)ccc21.O=C(O)C(F)(F)F. The van der Waals surface area contributed by atoms with Gasteiger partial charge in [0.2, 0.25) is 0 Å². The van der Waals surface area contributed by atoms with Gasteiger partial charge in [0.1, 0.15) is 0 Å². The Labute approximate surface area is 142 Å². The summed E-state index contributed by atoms with van der Waals surface area (Å²) in [6, 6.07) is 6.51. The number of hydrogen-bond donors (Lipinski definition) is 3. The number of carbonyl (C=O) groups is 2. The molecule has 0 radical (unpaired) electrons. The minimum Gasteiger partial charge on any atom is -0.475 e. The van der Waals surface area contributed by atoms with Crippen LogP contribution in [0.5, 0.6) is 0 Å². The predicted octanol–water partition coefficient (Wildman–Crippen LogP) is 1.53. The highest BCUT2D eigenvalue weighted by molar-refractivity contribution is 5.95. The third-order valence-corrected chi connectivity index (χ3v) is 4.22. The van der Waals surface area contributed by atoms with Gasteiger partial charge in [-0.25, -0.2) is 4.79 Å². The number of benzene rings is 1. The van der Waals surface area contributed by atoms with Crippen molar-refractivity contribution in [3.63, 3.8) is 0 Å². The number of hydrogen-bond acceptors (Lipinski definition) is 4. The Balaban J connectivity index is 0.000000277. The topological polar surface area (TPSA) is 95.7 Å². The van der Waals surface area contributed by atoms with Gasteiger partial charge in [-0.2, -0.15) is 13.2 Å². The monoisotopic (exact) mass is 359 g/mol. The summed E-state index contributed by atoms with van der Waals surface area (Å²) < 4.78 is 31.7. The average Bonchev–Trinajstić information content (AvgIpc) is 2.86. The second kappa shape index (κ2) is 7.30. The van der Waals surface area contributed by atoms with Crippen molar-refractivity contribution in [2.24, 2.45) is 5.73 Å². The van der Waals surface area contributed by atoms with Gasteiger partial charge in [0, 0.05) is 36.9 Å².